The summed E-state index contributed by atoms with van der Waals surface area (Å²) in [6, 6.07) is 13.0. The van der Waals surface area contributed by atoms with Crippen LogP contribution in [0.3, 0.4) is 0 Å². The highest BCUT2D eigenvalue weighted by molar-refractivity contribution is 5.75. The van der Waals surface area contributed by atoms with Crippen molar-refractivity contribution < 1.29 is 0 Å². The normalized spacial score (nSPS) is 18.6. The minimum atomic E-state index is -0.0396. The van der Waals surface area contributed by atoms with Gasteiger partial charge in [0.2, 0.25) is 5.95 Å². The van der Waals surface area contributed by atoms with Gasteiger partial charge in [-0.15, -0.1) is 0 Å². The van der Waals surface area contributed by atoms with Crippen molar-refractivity contribution >= 4 is 17.0 Å². The summed E-state index contributed by atoms with van der Waals surface area (Å²) in [5, 5.41) is 4.30. The average Bonchev–Trinajstić information content (AvgIpc) is 3.72. The smallest absolute Gasteiger partial charge is 0.252 e. The lowest BCUT2D eigenvalue weighted by Gasteiger charge is -2.39. The zero-order chi connectivity index (χ0) is 25.1. The molecule has 2 aliphatic rings. The van der Waals surface area contributed by atoms with Crippen molar-refractivity contribution in [2.75, 3.05) is 31.5 Å². The molecule has 5 rings (SSSR count). The molecule has 0 radical (unpaired) electrons. The van der Waals surface area contributed by atoms with E-state index in [9.17, 15) is 4.79 Å². The largest absolute Gasteiger partial charge is 0.375 e. The van der Waals surface area contributed by atoms with Gasteiger partial charge >= 0.3 is 0 Å². The molecule has 2 fully saturated rings. The van der Waals surface area contributed by atoms with Crippen molar-refractivity contribution in [2.45, 2.75) is 58.7 Å². The van der Waals surface area contributed by atoms with Gasteiger partial charge in [0.1, 0.15) is 5.65 Å². The molecule has 7 heteroatoms. The molecule has 1 aliphatic carbocycles. The number of nitrogens with one attached hydrogen (secondary N) is 1. The molecular weight excluding hydrogens is 448 g/mol. The predicted octanol–water partition coefficient (Wildman–Crippen LogP) is 4.98. The standard InChI is InChI=1S/C29H38N6O/c1-4-14-33-15-17-34(18-16-33)26(19-22-6-7-22)24-10-8-23(9-11-24)21(3)31-29-30-20-25-12-13-27(36)35(5-2)28(25)32-29/h4,8-14,20-22,26H,5-7,15-19H2,1-3H3,(H,30,31,32). The van der Waals surface area contributed by atoms with Crippen LogP contribution in [0.25, 0.3) is 11.0 Å². The van der Waals surface area contributed by atoms with Crippen LogP contribution < -0.4 is 10.9 Å². The van der Waals surface area contributed by atoms with Gasteiger partial charge in [0.15, 0.2) is 0 Å². The van der Waals surface area contributed by atoms with Gasteiger partial charge in [0.05, 0.1) is 6.04 Å². The van der Waals surface area contributed by atoms with Crippen molar-refractivity contribution in [3.8, 4) is 0 Å². The lowest BCUT2D eigenvalue weighted by atomic mass is 9.96. The lowest BCUT2D eigenvalue weighted by Crippen LogP contribution is -2.45. The number of pyridine rings is 1. The molecule has 2 aromatic heterocycles. The summed E-state index contributed by atoms with van der Waals surface area (Å²) in [6.45, 7) is 11.2. The van der Waals surface area contributed by atoms with Crippen molar-refractivity contribution in [3.63, 3.8) is 0 Å². The summed E-state index contributed by atoms with van der Waals surface area (Å²) in [5.41, 5.74) is 3.25. The summed E-state index contributed by atoms with van der Waals surface area (Å²) >= 11 is 0. The van der Waals surface area contributed by atoms with Gasteiger partial charge in [0.25, 0.3) is 5.56 Å². The fourth-order valence-electron chi connectivity index (χ4n) is 5.30. The van der Waals surface area contributed by atoms with E-state index < -0.39 is 0 Å². The molecule has 2 unspecified atom stereocenters. The van der Waals surface area contributed by atoms with Crippen LogP contribution in [0.4, 0.5) is 5.95 Å². The average molecular weight is 487 g/mol. The van der Waals surface area contributed by atoms with Gasteiger partial charge in [0, 0.05) is 56.4 Å². The van der Waals surface area contributed by atoms with Crippen LogP contribution in [0, 0.1) is 5.92 Å². The first-order valence-electron chi connectivity index (χ1n) is 13.4. The molecule has 3 aromatic rings. The predicted molar refractivity (Wildman–Crippen MR) is 146 cm³/mol. The second kappa shape index (κ2) is 10.8. The summed E-state index contributed by atoms with van der Waals surface area (Å²) in [4.78, 5) is 26.5. The minimum absolute atomic E-state index is 0.0396. The third-order valence-electron chi connectivity index (χ3n) is 7.61. The molecular formula is C29H38N6O. The van der Waals surface area contributed by atoms with Gasteiger partial charge in [-0.05, 0) is 56.5 Å². The van der Waals surface area contributed by atoms with Crippen LogP contribution in [0.1, 0.15) is 63.2 Å². The molecule has 0 amide bonds. The van der Waals surface area contributed by atoms with E-state index >= 15 is 0 Å². The number of rotatable bonds is 9. The number of anilines is 1. The minimum Gasteiger partial charge on any atom is -0.375 e. The van der Waals surface area contributed by atoms with Crippen LogP contribution in [0.15, 0.2) is 59.7 Å². The van der Waals surface area contributed by atoms with Crippen molar-refractivity contribution in [1.29, 1.82) is 0 Å². The van der Waals surface area contributed by atoms with Gasteiger partial charge in [-0.1, -0.05) is 43.2 Å². The molecule has 190 valence electrons. The quantitative estimate of drug-likeness (QED) is 0.460. The number of aryl methyl sites for hydroxylation is 1. The number of allylic oxidation sites excluding steroid dienone is 1. The van der Waals surface area contributed by atoms with Crippen LogP contribution in [-0.2, 0) is 6.54 Å². The summed E-state index contributed by atoms with van der Waals surface area (Å²) in [7, 11) is 0. The number of aromatic nitrogens is 3. The van der Waals surface area contributed by atoms with E-state index in [0.29, 0.717) is 24.2 Å². The number of hydrogen-bond donors (Lipinski definition) is 1. The maximum absolute atomic E-state index is 12.2. The van der Waals surface area contributed by atoms with E-state index in [-0.39, 0.29) is 11.6 Å². The zero-order valence-corrected chi connectivity index (χ0v) is 21.7. The molecule has 0 spiro atoms. The first kappa shape index (κ1) is 24.5. The number of piperazine rings is 1. The fraction of sp³-hybridized carbons (Fsp3) is 0.483. The van der Waals surface area contributed by atoms with Gasteiger partial charge < -0.3 is 10.2 Å². The van der Waals surface area contributed by atoms with E-state index in [1.807, 2.05) is 6.92 Å². The Kier molecular flexibility index (Phi) is 7.37. The molecule has 1 N–H and O–H groups in total. The van der Waals surface area contributed by atoms with Crippen LogP contribution >= 0.6 is 0 Å². The van der Waals surface area contributed by atoms with Gasteiger partial charge in [-0.25, -0.2) is 4.98 Å². The Hall–Kier alpha value is -3.19. The number of benzene rings is 1. The Morgan fingerprint density at radius 3 is 2.44 bits per heavy atom. The molecule has 2 atom stereocenters. The maximum Gasteiger partial charge on any atom is 0.252 e. The molecule has 1 aromatic carbocycles. The monoisotopic (exact) mass is 486 g/mol. The second-order valence-electron chi connectivity index (χ2n) is 10.2. The Morgan fingerprint density at radius 1 is 1.06 bits per heavy atom. The highest BCUT2D eigenvalue weighted by Gasteiger charge is 2.31. The molecule has 1 saturated heterocycles. The van der Waals surface area contributed by atoms with Crippen LogP contribution in [0.5, 0.6) is 0 Å². The summed E-state index contributed by atoms with van der Waals surface area (Å²) in [6.07, 6.45) is 10.2. The second-order valence-corrected chi connectivity index (χ2v) is 10.2. The molecule has 0 bridgehead atoms. The topological polar surface area (TPSA) is 66.3 Å². The Bertz CT molecular complexity index is 1250. The zero-order valence-electron chi connectivity index (χ0n) is 21.7. The molecule has 36 heavy (non-hydrogen) atoms. The van der Waals surface area contributed by atoms with Gasteiger partial charge in [-0.2, -0.15) is 4.98 Å². The Morgan fingerprint density at radius 2 is 1.78 bits per heavy atom. The van der Waals surface area contributed by atoms with Crippen molar-refractivity contribution in [1.82, 2.24) is 24.3 Å². The van der Waals surface area contributed by atoms with E-state index in [1.54, 1.807) is 22.9 Å². The van der Waals surface area contributed by atoms with Crippen molar-refractivity contribution in [2.24, 2.45) is 5.92 Å². The Labute approximate surface area is 213 Å². The first-order chi connectivity index (χ1) is 17.6. The molecule has 1 aliphatic heterocycles. The van der Waals surface area contributed by atoms with E-state index in [0.717, 1.165) is 37.5 Å². The van der Waals surface area contributed by atoms with E-state index in [4.69, 9.17) is 0 Å². The summed E-state index contributed by atoms with van der Waals surface area (Å²) in [5.74, 6) is 1.42. The third kappa shape index (κ3) is 5.46. The SMILES string of the molecule is CC=CN1CCN(C(CC2CC2)c2ccc(C(C)Nc3ncc4ccc(=O)n(CC)c4n3)cc2)CC1. The highest BCUT2D eigenvalue weighted by Crippen LogP contribution is 2.40. The Balaban J connectivity index is 1.30. The third-order valence-corrected chi connectivity index (χ3v) is 7.61. The highest BCUT2D eigenvalue weighted by atomic mass is 16.1. The van der Waals surface area contributed by atoms with Crippen LogP contribution in [0.2, 0.25) is 0 Å². The molecule has 1 saturated carbocycles. The van der Waals surface area contributed by atoms with E-state index in [2.05, 4.69) is 75.5 Å². The van der Waals surface area contributed by atoms with Gasteiger partial charge in [-0.3, -0.25) is 14.3 Å². The molecule has 7 nitrogen and oxygen atoms in total. The van der Waals surface area contributed by atoms with E-state index in [1.165, 1.54) is 30.4 Å². The summed E-state index contributed by atoms with van der Waals surface area (Å²) < 4.78 is 1.68. The lowest BCUT2D eigenvalue weighted by molar-refractivity contribution is 0.113. The first-order valence-corrected chi connectivity index (χ1v) is 13.4. The number of hydrogen-bond acceptors (Lipinski definition) is 6. The number of fused-ring (bicyclic) bond motifs is 1. The maximum atomic E-state index is 12.2. The van der Waals surface area contributed by atoms with Crippen molar-refractivity contribution in [3.05, 3.63) is 76.4 Å². The number of nitrogens with zero attached hydrogens (tertiary/aromatic N) is 5. The fourth-order valence-corrected chi connectivity index (χ4v) is 5.30. The molecule has 3 heterocycles. The van der Waals surface area contributed by atoms with Crippen LogP contribution in [-0.4, -0.2) is 50.5 Å².